The highest BCUT2D eigenvalue weighted by atomic mass is 16.5. The largest absolute Gasteiger partial charge is 0.493 e. The summed E-state index contributed by atoms with van der Waals surface area (Å²) in [6.45, 7) is 8.01. The molecule has 1 saturated carbocycles. The molecule has 1 aliphatic rings. The van der Waals surface area contributed by atoms with Gasteiger partial charge in [-0.15, -0.1) is 0 Å². The second-order valence-electron chi connectivity index (χ2n) is 9.20. The summed E-state index contributed by atoms with van der Waals surface area (Å²) < 4.78 is 17.2. The molecule has 4 nitrogen and oxygen atoms in total. The van der Waals surface area contributed by atoms with E-state index in [1.165, 1.54) is 38.5 Å². The van der Waals surface area contributed by atoms with Gasteiger partial charge in [-0.05, 0) is 79.1 Å². The molecule has 2 aromatic carbocycles. The van der Waals surface area contributed by atoms with Crippen molar-refractivity contribution in [1.29, 1.82) is 0 Å². The molecule has 0 aliphatic heterocycles. The van der Waals surface area contributed by atoms with Gasteiger partial charge in [0.25, 0.3) is 0 Å². The van der Waals surface area contributed by atoms with Crippen LogP contribution in [0, 0.1) is 17.8 Å². The van der Waals surface area contributed by atoms with Crippen molar-refractivity contribution < 1.29 is 19.0 Å². The first-order valence-corrected chi connectivity index (χ1v) is 12.2. The van der Waals surface area contributed by atoms with Crippen LogP contribution < -0.4 is 14.2 Å². The predicted molar refractivity (Wildman–Crippen MR) is 129 cm³/mol. The third-order valence-electron chi connectivity index (χ3n) is 6.50. The molecule has 4 heteroatoms. The van der Waals surface area contributed by atoms with Crippen LogP contribution in [-0.2, 0) is 0 Å². The van der Waals surface area contributed by atoms with Gasteiger partial charge in [-0.25, -0.2) is 4.79 Å². The fraction of sp³-hybridized carbons (Fsp3) is 0.536. The Kier molecular flexibility index (Phi) is 9.45. The molecular formula is C28H38O4. The Bertz CT molecular complexity index is 804. The molecule has 0 bridgehead atoms. The van der Waals surface area contributed by atoms with Crippen molar-refractivity contribution >= 4 is 5.97 Å². The molecule has 0 saturated heterocycles. The molecule has 0 radical (unpaired) electrons. The smallest absolute Gasteiger partial charge is 0.343 e. The number of ether oxygens (including phenoxy) is 3. The minimum Gasteiger partial charge on any atom is -0.493 e. The third kappa shape index (κ3) is 7.58. The minimum absolute atomic E-state index is 0.379. The fourth-order valence-corrected chi connectivity index (χ4v) is 4.12. The summed E-state index contributed by atoms with van der Waals surface area (Å²) in [5.74, 6) is 3.80. The second kappa shape index (κ2) is 12.5. The van der Waals surface area contributed by atoms with Gasteiger partial charge in [-0.3, -0.25) is 0 Å². The van der Waals surface area contributed by atoms with Crippen molar-refractivity contribution in [3.8, 4) is 17.2 Å². The Labute approximate surface area is 193 Å². The summed E-state index contributed by atoms with van der Waals surface area (Å²) in [7, 11) is 0. The first-order valence-electron chi connectivity index (χ1n) is 12.2. The topological polar surface area (TPSA) is 44.8 Å². The maximum Gasteiger partial charge on any atom is 0.343 e. The van der Waals surface area contributed by atoms with E-state index in [1.807, 2.05) is 24.3 Å². The quantitative estimate of drug-likeness (QED) is 0.272. The Morgan fingerprint density at radius 3 is 2.03 bits per heavy atom. The van der Waals surface area contributed by atoms with Crippen molar-refractivity contribution in [3.05, 3.63) is 54.1 Å². The summed E-state index contributed by atoms with van der Waals surface area (Å²) in [4.78, 5) is 12.4. The highest BCUT2D eigenvalue weighted by Crippen LogP contribution is 2.32. The van der Waals surface area contributed by atoms with E-state index >= 15 is 0 Å². The van der Waals surface area contributed by atoms with Crippen LogP contribution in [0.5, 0.6) is 17.2 Å². The molecule has 2 aromatic rings. The average molecular weight is 439 g/mol. The van der Waals surface area contributed by atoms with Crippen LogP contribution in [0.3, 0.4) is 0 Å². The van der Waals surface area contributed by atoms with Crippen molar-refractivity contribution in [2.24, 2.45) is 17.8 Å². The SMILES string of the molecule is CCC[C@H]1CC[C@H](COc2ccc(OC(=O)c3ccc(OC[C@@H](C)CC)cc3)cc2)CC1. The second-order valence-corrected chi connectivity index (χ2v) is 9.20. The fourth-order valence-electron chi connectivity index (χ4n) is 4.12. The van der Waals surface area contributed by atoms with E-state index in [0.717, 1.165) is 30.4 Å². The lowest BCUT2D eigenvalue weighted by Gasteiger charge is -2.28. The van der Waals surface area contributed by atoms with Gasteiger partial charge < -0.3 is 14.2 Å². The molecule has 0 aromatic heterocycles. The lowest BCUT2D eigenvalue weighted by molar-refractivity contribution is 0.0734. The Morgan fingerprint density at radius 2 is 1.41 bits per heavy atom. The zero-order valence-corrected chi connectivity index (χ0v) is 19.8. The molecule has 1 aliphatic carbocycles. The first-order chi connectivity index (χ1) is 15.6. The predicted octanol–water partition coefficient (Wildman–Crippen LogP) is 7.32. The lowest BCUT2D eigenvalue weighted by Crippen LogP contribution is -2.20. The normalized spacial score (nSPS) is 19.2. The van der Waals surface area contributed by atoms with E-state index < -0.39 is 0 Å². The van der Waals surface area contributed by atoms with E-state index in [1.54, 1.807) is 24.3 Å². The summed E-state index contributed by atoms with van der Waals surface area (Å²) in [6, 6.07) is 14.4. The zero-order valence-electron chi connectivity index (χ0n) is 19.8. The van der Waals surface area contributed by atoms with Crippen LogP contribution in [-0.4, -0.2) is 19.2 Å². The highest BCUT2D eigenvalue weighted by molar-refractivity contribution is 5.91. The first kappa shape index (κ1) is 24.2. The minimum atomic E-state index is -0.379. The van der Waals surface area contributed by atoms with Crippen LogP contribution in [0.4, 0.5) is 0 Å². The van der Waals surface area contributed by atoms with Gasteiger partial charge in [0.1, 0.15) is 17.2 Å². The molecule has 0 spiro atoms. The Hall–Kier alpha value is -2.49. The van der Waals surface area contributed by atoms with Crippen molar-refractivity contribution in [3.63, 3.8) is 0 Å². The number of hydrogen-bond donors (Lipinski definition) is 0. The molecule has 0 amide bonds. The molecule has 0 N–H and O–H groups in total. The van der Waals surface area contributed by atoms with Gasteiger partial charge in [0, 0.05) is 0 Å². The van der Waals surface area contributed by atoms with E-state index in [2.05, 4.69) is 20.8 Å². The van der Waals surface area contributed by atoms with Gasteiger partial charge in [-0.1, -0.05) is 52.9 Å². The maximum absolute atomic E-state index is 12.4. The van der Waals surface area contributed by atoms with E-state index in [4.69, 9.17) is 14.2 Å². The summed E-state index contributed by atoms with van der Waals surface area (Å²) in [5, 5.41) is 0. The molecular weight excluding hydrogens is 400 g/mol. The standard InChI is InChI=1S/C28H38O4/c1-4-6-22-7-9-23(10-8-22)20-31-26-15-17-27(18-16-26)32-28(29)24-11-13-25(14-12-24)30-19-21(3)5-2/h11-18,21-23H,4-10,19-20H2,1-3H3/t21-,22-,23-/m0/s1. The summed E-state index contributed by atoms with van der Waals surface area (Å²) >= 11 is 0. The van der Waals surface area contributed by atoms with Crippen molar-refractivity contribution in [2.75, 3.05) is 13.2 Å². The van der Waals surface area contributed by atoms with Gasteiger partial charge in [0.15, 0.2) is 0 Å². The monoisotopic (exact) mass is 438 g/mol. The molecule has 0 unspecified atom stereocenters. The number of carbonyl (C=O) groups excluding carboxylic acids is 1. The van der Waals surface area contributed by atoms with Crippen LogP contribution >= 0.6 is 0 Å². The van der Waals surface area contributed by atoms with Crippen molar-refractivity contribution in [1.82, 2.24) is 0 Å². The van der Waals surface area contributed by atoms with Gasteiger partial charge in [0.05, 0.1) is 18.8 Å². The van der Waals surface area contributed by atoms with E-state index in [9.17, 15) is 4.79 Å². The Balaban J connectivity index is 1.42. The number of carbonyl (C=O) groups is 1. The van der Waals surface area contributed by atoms with Gasteiger partial charge in [-0.2, -0.15) is 0 Å². The molecule has 3 rings (SSSR count). The number of rotatable bonds is 11. The van der Waals surface area contributed by atoms with Gasteiger partial charge in [0.2, 0.25) is 0 Å². The van der Waals surface area contributed by atoms with Crippen LogP contribution in [0.2, 0.25) is 0 Å². The molecule has 174 valence electrons. The van der Waals surface area contributed by atoms with Crippen LogP contribution in [0.15, 0.2) is 48.5 Å². The third-order valence-corrected chi connectivity index (χ3v) is 6.50. The van der Waals surface area contributed by atoms with Gasteiger partial charge >= 0.3 is 5.97 Å². The maximum atomic E-state index is 12.4. The number of hydrogen-bond acceptors (Lipinski definition) is 4. The number of benzene rings is 2. The number of esters is 1. The molecule has 1 atom stereocenters. The van der Waals surface area contributed by atoms with E-state index in [0.29, 0.717) is 29.8 Å². The molecule has 1 fully saturated rings. The molecule has 32 heavy (non-hydrogen) atoms. The van der Waals surface area contributed by atoms with E-state index in [-0.39, 0.29) is 5.97 Å². The highest BCUT2D eigenvalue weighted by Gasteiger charge is 2.21. The summed E-state index contributed by atoms with van der Waals surface area (Å²) in [5.41, 5.74) is 0.500. The summed E-state index contributed by atoms with van der Waals surface area (Å²) in [6.07, 6.45) is 8.94. The Morgan fingerprint density at radius 1 is 0.844 bits per heavy atom. The molecule has 0 heterocycles. The average Bonchev–Trinajstić information content (AvgIpc) is 2.83. The van der Waals surface area contributed by atoms with Crippen molar-refractivity contribution in [2.45, 2.75) is 65.7 Å². The zero-order chi connectivity index (χ0) is 22.8. The van der Waals surface area contributed by atoms with Crippen LogP contribution in [0.1, 0.15) is 76.1 Å². The van der Waals surface area contributed by atoms with Crippen LogP contribution in [0.25, 0.3) is 0 Å². The lowest BCUT2D eigenvalue weighted by atomic mass is 9.80.